The van der Waals surface area contributed by atoms with Crippen molar-refractivity contribution in [2.24, 2.45) is 27.2 Å². The average molecular weight is 281 g/mol. The fourth-order valence-electron chi connectivity index (χ4n) is 2.13. The number of rotatable bonds is 2. The molecule has 0 saturated carbocycles. The smallest absolute Gasteiger partial charge is 0.223 e. The predicted molar refractivity (Wildman–Crippen MR) is 80.0 cm³/mol. The van der Waals surface area contributed by atoms with Crippen LogP contribution in [0, 0.1) is 0 Å². The fourth-order valence-corrected chi connectivity index (χ4v) is 2.42. The van der Waals surface area contributed by atoms with Crippen LogP contribution in [0.25, 0.3) is 0 Å². The highest BCUT2D eigenvalue weighted by atomic mass is 35.5. The quantitative estimate of drug-likeness (QED) is 0.558. The maximum atomic E-state index is 6.26. The molecular formula is C12H17ClN6. The first-order chi connectivity index (χ1) is 9.08. The second-order valence-corrected chi connectivity index (χ2v) is 4.72. The third-order valence-corrected chi connectivity index (χ3v) is 3.17. The summed E-state index contributed by atoms with van der Waals surface area (Å²) in [5.41, 5.74) is 17.8. The molecule has 0 radical (unpaired) electrons. The second-order valence-electron chi connectivity index (χ2n) is 4.31. The van der Waals surface area contributed by atoms with Gasteiger partial charge in [0.15, 0.2) is 5.96 Å². The summed E-state index contributed by atoms with van der Waals surface area (Å²) in [6.07, 6.45) is 2.30. The molecule has 0 atom stereocenters. The summed E-state index contributed by atoms with van der Waals surface area (Å²) in [4.78, 5) is 10.1. The third kappa shape index (κ3) is 3.29. The second kappa shape index (κ2) is 5.79. The standard InChI is InChI=1S/C12H17ClN6/c13-8-4-3-5-9(17-12(16)18-11(14)15)10(8)19-6-1-2-7-19/h3-5H,1-2,6-7H2,(H6,14,15,16,17,18). The van der Waals surface area contributed by atoms with Crippen LogP contribution in [-0.4, -0.2) is 25.0 Å². The molecule has 2 rings (SSSR count). The van der Waals surface area contributed by atoms with Crippen molar-refractivity contribution in [2.45, 2.75) is 12.8 Å². The van der Waals surface area contributed by atoms with Gasteiger partial charge >= 0.3 is 0 Å². The van der Waals surface area contributed by atoms with E-state index in [0.717, 1.165) is 31.6 Å². The van der Waals surface area contributed by atoms with Crippen LogP contribution in [0.15, 0.2) is 28.2 Å². The maximum absolute atomic E-state index is 6.26. The lowest BCUT2D eigenvalue weighted by atomic mass is 10.2. The van der Waals surface area contributed by atoms with E-state index in [4.69, 9.17) is 28.8 Å². The zero-order chi connectivity index (χ0) is 13.8. The molecule has 0 amide bonds. The Morgan fingerprint density at radius 2 is 1.84 bits per heavy atom. The van der Waals surface area contributed by atoms with Crippen LogP contribution < -0.4 is 22.1 Å². The number of guanidine groups is 2. The van der Waals surface area contributed by atoms with Crippen molar-refractivity contribution in [3.05, 3.63) is 23.2 Å². The van der Waals surface area contributed by atoms with Gasteiger partial charge in [0, 0.05) is 13.1 Å². The average Bonchev–Trinajstić information content (AvgIpc) is 2.81. The summed E-state index contributed by atoms with van der Waals surface area (Å²) in [5.74, 6) is -0.103. The largest absolute Gasteiger partial charge is 0.370 e. The van der Waals surface area contributed by atoms with Crippen molar-refractivity contribution in [3.63, 3.8) is 0 Å². The van der Waals surface area contributed by atoms with Crippen molar-refractivity contribution in [3.8, 4) is 0 Å². The Hall–Kier alpha value is -1.95. The summed E-state index contributed by atoms with van der Waals surface area (Å²) >= 11 is 6.26. The molecule has 6 nitrogen and oxygen atoms in total. The minimum absolute atomic E-state index is 0.0164. The van der Waals surface area contributed by atoms with Crippen LogP contribution in [-0.2, 0) is 0 Å². The Morgan fingerprint density at radius 3 is 2.47 bits per heavy atom. The Labute approximate surface area is 116 Å². The molecule has 1 aromatic rings. The molecule has 0 aliphatic carbocycles. The first-order valence-electron chi connectivity index (χ1n) is 6.05. The van der Waals surface area contributed by atoms with E-state index in [1.54, 1.807) is 0 Å². The Morgan fingerprint density at radius 1 is 1.16 bits per heavy atom. The molecule has 102 valence electrons. The minimum atomic E-state index is -0.119. The van der Waals surface area contributed by atoms with E-state index in [1.165, 1.54) is 0 Å². The number of hydrogen-bond donors (Lipinski definition) is 3. The van der Waals surface area contributed by atoms with E-state index in [1.807, 2.05) is 18.2 Å². The Balaban J connectivity index is 2.40. The molecule has 19 heavy (non-hydrogen) atoms. The van der Waals surface area contributed by atoms with Crippen molar-refractivity contribution in [2.75, 3.05) is 18.0 Å². The number of aliphatic imine (C=N–C) groups is 2. The third-order valence-electron chi connectivity index (χ3n) is 2.87. The monoisotopic (exact) mass is 280 g/mol. The number of nitrogens with two attached hydrogens (primary N) is 3. The molecule has 6 N–H and O–H groups in total. The number of para-hydroxylation sites is 1. The summed E-state index contributed by atoms with van der Waals surface area (Å²) in [6, 6.07) is 5.50. The zero-order valence-corrected chi connectivity index (χ0v) is 11.3. The summed E-state index contributed by atoms with van der Waals surface area (Å²) in [7, 11) is 0. The van der Waals surface area contributed by atoms with E-state index in [2.05, 4.69) is 14.9 Å². The minimum Gasteiger partial charge on any atom is -0.370 e. The molecule has 0 unspecified atom stereocenters. The Bertz CT molecular complexity index is 515. The Kier molecular flexibility index (Phi) is 4.11. The zero-order valence-electron chi connectivity index (χ0n) is 10.5. The van der Waals surface area contributed by atoms with Gasteiger partial charge in [-0.05, 0) is 25.0 Å². The lowest BCUT2D eigenvalue weighted by Crippen LogP contribution is -2.26. The van der Waals surface area contributed by atoms with Crippen LogP contribution in [0.3, 0.4) is 0 Å². The molecule has 0 aromatic heterocycles. The molecule has 1 fully saturated rings. The molecule has 0 spiro atoms. The van der Waals surface area contributed by atoms with Gasteiger partial charge in [0.25, 0.3) is 0 Å². The van der Waals surface area contributed by atoms with Gasteiger partial charge in [-0.1, -0.05) is 17.7 Å². The van der Waals surface area contributed by atoms with Gasteiger partial charge in [0.1, 0.15) is 0 Å². The summed E-state index contributed by atoms with van der Waals surface area (Å²) < 4.78 is 0. The highest BCUT2D eigenvalue weighted by Gasteiger charge is 2.18. The van der Waals surface area contributed by atoms with Crippen LogP contribution in [0.2, 0.25) is 5.02 Å². The van der Waals surface area contributed by atoms with Crippen LogP contribution in [0.4, 0.5) is 11.4 Å². The van der Waals surface area contributed by atoms with Gasteiger partial charge in [-0.3, -0.25) is 0 Å². The lowest BCUT2D eigenvalue weighted by Gasteiger charge is -2.20. The topological polar surface area (TPSA) is 106 Å². The molecule has 7 heteroatoms. The first-order valence-corrected chi connectivity index (χ1v) is 6.43. The van der Waals surface area contributed by atoms with Crippen LogP contribution in [0.5, 0.6) is 0 Å². The van der Waals surface area contributed by atoms with Crippen molar-refractivity contribution < 1.29 is 0 Å². The fraction of sp³-hybridized carbons (Fsp3) is 0.333. The summed E-state index contributed by atoms with van der Waals surface area (Å²) in [5, 5.41) is 0.653. The predicted octanol–water partition coefficient (Wildman–Crippen LogP) is 1.16. The van der Waals surface area contributed by atoms with E-state index in [-0.39, 0.29) is 11.9 Å². The van der Waals surface area contributed by atoms with Gasteiger partial charge in [0.05, 0.1) is 16.4 Å². The number of nitrogens with zero attached hydrogens (tertiary/aromatic N) is 3. The normalized spacial score (nSPS) is 15.6. The van der Waals surface area contributed by atoms with Crippen molar-refractivity contribution >= 4 is 34.9 Å². The van der Waals surface area contributed by atoms with E-state index in [9.17, 15) is 0 Å². The number of anilines is 1. The molecule has 1 aliphatic rings. The number of benzene rings is 1. The molecule has 0 bridgehead atoms. The molecular weight excluding hydrogens is 264 g/mol. The van der Waals surface area contributed by atoms with Gasteiger partial charge in [-0.2, -0.15) is 4.99 Å². The van der Waals surface area contributed by atoms with Gasteiger partial charge in [0.2, 0.25) is 5.96 Å². The van der Waals surface area contributed by atoms with E-state index >= 15 is 0 Å². The van der Waals surface area contributed by atoms with Crippen molar-refractivity contribution in [1.29, 1.82) is 0 Å². The van der Waals surface area contributed by atoms with Gasteiger partial charge < -0.3 is 22.1 Å². The molecule has 1 heterocycles. The summed E-state index contributed by atoms with van der Waals surface area (Å²) in [6.45, 7) is 1.93. The first kappa shape index (κ1) is 13.5. The number of halogens is 1. The SMILES string of the molecule is NC(N)=NC(N)=Nc1cccc(Cl)c1N1CCCC1. The van der Waals surface area contributed by atoms with Gasteiger partial charge in [-0.25, -0.2) is 4.99 Å². The highest BCUT2D eigenvalue weighted by Crippen LogP contribution is 2.37. The number of hydrogen-bond acceptors (Lipinski definition) is 2. The molecule has 1 aromatic carbocycles. The van der Waals surface area contributed by atoms with Crippen molar-refractivity contribution in [1.82, 2.24) is 0 Å². The molecule has 1 saturated heterocycles. The van der Waals surface area contributed by atoms with E-state index in [0.29, 0.717) is 10.7 Å². The van der Waals surface area contributed by atoms with E-state index < -0.39 is 0 Å². The maximum Gasteiger partial charge on any atom is 0.223 e. The highest BCUT2D eigenvalue weighted by molar-refractivity contribution is 6.34. The van der Waals surface area contributed by atoms with Gasteiger partial charge in [-0.15, -0.1) is 0 Å². The molecule has 1 aliphatic heterocycles. The van der Waals surface area contributed by atoms with Crippen LogP contribution in [0.1, 0.15) is 12.8 Å². The lowest BCUT2D eigenvalue weighted by molar-refractivity contribution is 0.949. The van der Waals surface area contributed by atoms with Crippen LogP contribution >= 0.6 is 11.6 Å².